The fourth-order valence-corrected chi connectivity index (χ4v) is 3.68. The third-order valence-electron chi connectivity index (χ3n) is 4.82. The molecular weight excluding hydrogens is 354 g/mol. The van der Waals surface area contributed by atoms with E-state index in [1.165, 1.54) is 0 Å². The van der Waals surface area contributed by atoms with Crippen LogP contribution in [0.25, 0.3) is 0 Å². The minimum Gasteiger partial charge on any atom is -0.497 e. The largest absolute Gasteiger partial charge is 0.497 e. The lowest BCUT2D eigenvalue weighted by atomic mass is 10.0. The number of likely N-dealkylation sites (tertiary alicyclic amines) is 1. The van der Waals surface area contributed by atoms with Crippen LogP contribution in [0.4, 0.5) is 0 Å². The van der Waals surface area contributed by atoms with Gasteiger partial charge in [-0.15, -0.1) is 0 Å². The van der Waals surface area contributed by atoms with Crippen LogP contribution in [0.1, 0.15) is 31.4 Å². The second-order valence-corrected chi connectivity index (χ2v) is 7.02. The van der Waals surface area contributed by atoms with E-state index in [9.17, 15) is 4.79 Å². The van der Waals surface area contributed by atoms with Crippen molar-refractivity contribution in [2.45, 2.75) is 32.4 Å². The van der Waals surface area contributed by atoms with Gasteiger partial charge in [-0.2, -0.15) is 5.10 Å². The Labute approximate surface area is 158 Å². The van der Waals surface area contributed by atoms with Crippen LogP contribution in [0.3, 0.4) is 0 Å². The lowest BCUT2D eigenvalue weighted by Gasteiger charge is -2.29. The Morgan fingerprint density at radius 3 is 2.85 bits per heavy atom. The molecule has 1 aliphatic rings. The van der Waals surface area contributed by atoms with Gasteiger partial charge in [0.1, 0.15) is 11.5 Å². The summed E-state index contributed by atoms with van der Waals surface area (Å²) in [5, 5.41) is 4.74. The van der Waals surface area contributed by atoms with Crippen LogP contribution in [-0.2, 0) is 11.3 Å². The molecule has 0 N–H and O–H groups in total. The van der Waals surface area contributed by atoms with E-state index in [-0.39, 0.29) is 17.9 Å². The lowest BCUT2D eigenvalue weighted by Crippen LogP contribution is -2.36. The molecule has 2 heterocycles. The Balaban J connectivity index is 1.78. The number of amides is 1. The van der Waals surface area contributed by atoms with E-state index in [1.807, 2.05) is 30.0 Å². The molecule has 0 spiro atoms. The number of hydrogen-bond acceptors (Lipinski definition) is 4. The number of methoxy groups -OCH3 is 2. The van der Waals surface area contributed by atoms with E-state index in [1.54, 1.807) is 31.3 Å². The summed E-state index contributed by atoms with van der Waals surface area (Å²) in [5.41, 5.74) is 1.02. The van der Waals surface area contributed by atoms with Crippen molar-refractivity contribution in [2.24, 2.45) is 5.92 Å². The Bertz CT molecular complexity index is 777. The van der Waals surface area contributed by atoms with Crippen LogP contribution >= 0.6 is 11.6 Å². The predicted octanol–water partition coefficient (Wildman–Crippen LogP) is 3.55. The third kappa shape index (κ3) is 3.80. The van der Waals surface area contributed by atoms with Crippen molar-refractivity contribution in [3.05, 3.63) is 41.2 Å². The molecule has 0 aliphatic carbocycles. The molecule has 2 atom stereocenters. The van der Waals surface area contributed by atoms with Gasteiger partial charge in [0.25, 0.3) is 0 Å². The zero-order chi connectivity index (χ0) is 18.7. The molecule has 0 saturated carbocycles. The summed E-state index contributed by atoms with van der Waals surface area (Å²) < 4.78 is 12.5. The molecule has 1 amide bonds. The summed E-state index contributed by atoms with van der Waals surface area (Å²) in [6.07, 6.45) is 5.22. The maximum absolute atomic E-state index is 13.0. The Kier molecular flexibility index (Phi) is 5.71. The second-order valence-electron chi connectivity index (χ2n) is 6.58. The molecule has 1 aromatic carbocycles. The number of carbonyl (C=O) groups is 1. The second kappa shape index (κ2) is 7.99. The first-order valence-corrected chi connectivity index (χ1v) is 9.11. The topological polar surface area (TPSA) is 56.6 Å². The quantitative estimate of drug-likeness (QED) is 0.772. The number of rotatable bonds is 6. The number of ether oxygens (including phenoxy) is 2. The number of benzene rings is 1. The predicted molar refractivity (Wildman–Crippen MR) is 99.6 cm³/mol. The van der Waals surface area contributed by atoms with Gasteiger partial charge in [0.2, 0.25) is 5.91 Å². The van der Waals surface area contributed by atoms with Crippen LogP contribution in [0.2, 0.25) is 5.02 Å². The van der Waals surface area contributed by atoms with Crippen molar-refractivity contribution in [1.29, 1.82) is 0 Å². The molecule has 1 fully saturated rings. The molecule has 3 rings (SSSR count). The Hall–Kier alpha value is -2.21. The fraction of sp³-hybridized carbons (Fsp3) is 0.474. The molecule has 2 aromatic rings. The van der Waals surface area contributed by atoms with E-state index >= 15 is 0 Å². The molecule has 0 unspecified atom stereocenters. The van der Waals surface area contributed by atoms with Crippen LogP contribution in [-0.4, -0.2) is 41.4 Å². The van der Waals surface area contributed by atoms with Crippen LogP contribution in [0.15, 0.2) is 30.6 Å². The summed E-state index contributed by atoms with van der Waals surface area (Å²) >= 11 is 5.91. The summed E-state index contributed by atoms with van der Waals surface area (Å²) in [5.74, 6) is 1.43. The number of nitrogens with zero attached hydrogens (tertiary/aromatic N) is 3. The molecule has 1 aromatic heterocycles. The molecule has 0 radical (unpaired) electrons. The fourth-order valence-electron chi connectivity index (χ4n) is 3.53. The van der Waals surface area contributed by atoms with Gasteiger partial charge in [-0.1, -0.05) is 18.5 Å². The van der Waals surface area contributed by atoms with Crippen molar-refractivity contribution in [1.82, 2.24) is 14.7 Å². The van der Waals surface area contributed by atoms with Gasteiger partial charge >= 0.3 is 0 Å². The molecule has 7 heteroatoms. The van der Waals surface area contributed by atoms with Crippen molar-refractivity contribution in [3.8, 4) is 11.5 Å². The lowest BCUT2D eigenvalue weighted by molar-refractivity contribution is -0.136. The highest BCUT2D eigenvalue weighted by atomic mass is 35.5. The third-order valence-corrected chi connectivity index (χ3v) is 5.01. The highest BCUT2D eigenvalue weighted by Gasteiger charge is 2.34. The first kappa shape index (κ1) is 18.6. The van der Waals surface area contributed by atoms with Crippen LogP contribution in [0, 0.1) is 5.92 Å². The normalized spacial score (nSPS) is 18.0. The number of halogens is 1. The highest BCUT2D eigenvalue weighted by Crippen LogP contribution is 2.39. The molecule has 1 aliphatic heterocycles. The van der Waals surface area contributed by atoms with Gasteiger partial charge in [-0.25, -0.2) is 0 Å². The molecule has 1 saturated heterocycles. The van der Waals surface area contributed by atoms with Gasteiger partial charge in [-0.05, 0) is 25.0 Å². The van der Waals surface area contributed by atoms with E-state index in [2.05, 4.69) is 5.10 Å². The molecule has 140 valence electrons. The zero-order valence-electron chi connectivity index (χ0n) is 15.3. The van der Waals surface area contributed by atoms with E-state index in [4.69, 9.17) is 21.1 Å². The number of carbonyl (C=O) groups excluding carboxylic acids is 1. The van der Waals surface area contributed by atoms with Crippen LogP contribution in [0.5, 0.6) is 11.5 Å². The van der Waals surface area contributed by atoms with E-state index in [0.29, 0.717) is 11.6 Å². The summed E-state index contributed by atoms with van der Waals surface area (Å²) in [6, 6.07) is 5.79. The Morgan fingerprint density at radius 1 is 1.38 bits per heavy atom. The van der Waals surface area contributed by atoms with Crippen molar-refractivity contribution in [2.75, 3.05) is 20.8 Å². The smallest absolute Gasteiger partial charge is 0.227 e. The van der Waals surface area contributed by atoms with Crippen molar-refractivity contribution >= 4 is 17.5 Å². The van der Waals surface area contributed by atoms with Crippen LogP contribution < -0.4 is 9.47 Å². The van der Waals surface area contributed by atoms with Gasteiger partial charge in [0, 0.05) is 24.4 Å². The van der Waals surface area contributed by atoms with Gasteiger partial charge in [0.15, 0.2) is 0 Å². The average molecular weight is 378 g/mol. The van der Waals surface area contributed by atoms with Crippen molar-refractivity contribution in [3.63, 3.8) is 0 Å². The number of aromatic nitrogens is 2. The monoisotopic (exact) mass is 377 g/mol. The van der Waals surface area contributed by atoms with Gasteiger partial charge in [-0.3, -0.25) is 9.48 Å². The maximum Gasteiger partial charge on any atom is 0.227 e. The summed E-state index contributed by atoms with van der Waals surface area (Å²) in [4.78, 5) is 15.0. The molecule has 0 bridgehead atoms. The first-order valence-electron chi connectivity index (χ1n) is 8.74. The average Bonchev–Trinajstić information content (AvgIpc) is 3.29. The van der Waals surface area contributed by atoms with Gasteiger partial charge in [0.05, 0.1) is 43.9 Å². The maximum atomic E-state index is 13.0. The summed E-state index contributed by atoms with van der Waals surface area (Å²) in [6.45, 7) is 3.19. The molecule has 26 heavy (non-hydrogen) atoms. The minimum absolute atomic E-state index is 0.0204. The standard InChI is InChI=1S/C19H24ClN3O3/c1-13(11-22-12-14(20)10-21-22)19(24)23-8-4-5-17(23)16-7-6-15(25-2)9-18(16)26-3/h6-7,9-10,12-13,17H,4-5,8,11H2,1-3H3/t13-,17+/m1/s1. The highest BCUT2D eigenvalue weighted by molar-refractivity contribution is 6.30. The number of hydrogen-bond donors (Lipinski definition) is 0. The minimum atomic E-state index is -0.184. The summed E-state index contributed by atoms with van der Waals surface area (Å²) in [7, 11) is 3.27. The van der Waals surface area contributed by atoms with Crippen molar-refractivity contribution < 1.29 is 14.3 Å². The Morgan fingerprint density at radius 2 is 2.19 bits per heavy atom. The SMILES string of the molecule is COc1ccc([C@@H]2CCCN2C(=O)[C@H](C)Cn2cc(Cl)cn2)c(OC)c1. The van der Waals surface area contributed by atoms with E-state index < -0.39 is 0 Å². The molecular formula is C19H24ClN3O3. The first-order chi connectivity index (χ1) is 12.5. The zero-order valence-corrected chi connectivity index (χ0v) is 16.1. The molecule has 6 nitrogen and oxygen atoms in total. The van der Waals surface area contributed by atoms with E-state index in [0.717, 1.165) is 36.4 Å². The van der Waals surface area contributed by atoms with Gasteiger partial charge < -0.3 is 14.4 Å².